The SMILES string of the molecule is COc1ccccc1N=C1NN=C(c2cc(C)n(-c3ncn[nH]3)c2C)CS1. The Morgan fingerprint density at radius 2 is 2.11 bits per heavy atom. The van der Waals surface area contributed by atoms with Crippen LogP contribution in [0.15, 0.2) is 46.8 Å². The number of aromatic nitrogens is 4. The van der Waals surface area contributed by atoms with Crippen molar-refractivity contribution in [3.8, 4) is 11.7 Å². The van der Waals surface area contributed by atoms with Crippen molar-refractivity contribution in [2.75, 3.05) is 12.9 Å². The lowest BCUT2D eigenvalue weighted by Crippen LogP contribution is -2.25. The predicted molar refractivity (Wildman–Crippen MR) is 107 cm³/mol. The molecule has 0 bridgehead atoms. The molecule has 4 rings (SSSR count). The zero-order chi connectivity index (χ0) is 18.8. The lowest BCUT2D eigenvalue weighted by Gasteiger charge is -2.15. The largest absolute Gasteiger partial charge is 0.494 e. The molecule has 9 heteroatoms. The Bertz CT molecular complexity index is 1020. The summed E-state index contributed by atoms with van der Waals surface area (Å²) in [6, 6.07) is 9.77. The molecule has 2 aromatic heterocycles. The number of para-hydroxylation sites is 2. The van der Waals surface area contributed by atoms with Crippen molar-refractivity contribution >= 4 is 28.3 Å². The Morgan fingerprint density at radius 3 is 2.81 bits per heavy atom. The Hall–Kier alpha value is -3.07. The highest BCUT2D eigenvalue weighted by Gasteiger charge is 2.20. The third-order valence-electron chi connectivity index (χ3n) is 4.30. The van der Waals surface area contributed by atoms with Crippen LogP contribution in [0.1, 0.15) is 17.0 Å². The van der Waals surface area contributed by atoms with E-state index in [0.717, 1.165) is 45.0 Å². The Morgan fingerprint density at radius 1 is 1.26 bits per heavy atom. The predicted octanol–water partition coefficient (Wildman–Crippen LogP) is 2.95. The van der Waals surface area contributed by atoms with Crippen LogP contribution in [-0.2, 0) is 0 Å². The summed E-state index contributed by atoms with van der Waals surface area (Å²) in [5.41, 5.74) is 8.02. The van der Waals surface area contributed by atoms with Crippen molar-refractivity contribution in [3.63, 3.8) is 0 Å². The van der Waals surface area contributed by atoms with Gasteiger partial charge in [-0.1, -0.05) is 23.9 Å². The number of hydrazone groups is 1. The first-order valence-corrected chi connectivity index (χ1v) is 9.38. The van der Waals surface area contributed by atoms with Gasteiger partial charge in [0.05, 0.1) is 12.8 Å². The topological polar surface area (TPSA) is 92.5 Å². The van der Waals surface area contributed by atoms with Crippen LogP contribution in [-0.4, -0.2) is 43.5 Å². The summed E-state index contributed by atoms with van der Waals surface area (Å²) < 4.78 is 7.38. The van der Waals surface area contributed by atoms with Crippen LogP contribution in [0, 0.1) is 13.8 Å². The Balaban J connectivity index is 1.60. The standard InChI is InChI=1S/C18H19N7OS/c1-11-8-13(12(2)25(11)17-19-10-20-23-17)15-9-27-18(24-22-15)21-14-6-4-5-7-16(14)26-3/h4-8,10H,9H2,1-3H3,(H,21,24)(H,19,20,23). The van der Waals surface area contributed by atoms with E-state index in [1.807, 2.05) is 35.8 Å². The summed E-state index contributed by atoms with van der Waals surface area (Å²) in [7, 11) is 1.64. The van der Waals surface area contributed by atoms with Crippen molar-refractivity contribution in [3.05, 3.63) is 53.6 Å². The lowest BCUT2D eigenvalue weighted by molar-refractivity contribution is 0.416. The molecule has 0 saturated heterocycles. The van der Waals surface area contributed by atoms with E-state index in [2.05, 4.69) is 43.7 Å². The van der Waals surface area contributed by atoms with Gasteiger partial charge in [0.2, 0.25) is 5.95 Å². The number of methoxy groups -OCH3 is 1. The van der Waals surface area contributed by atoms with Crippen molar-refractivity contribution in [2.45, 2.75) is 13.8 Å². The number of aliphatic imine (C=N–C) groups is 1. The number of hydrogen-bond donors (Lipinski definition) is 2. The number of aromatic amines is 1. The summed E-state index contributed by atoms with van der Waals surface area (Å²) in [5.74, 6) is 2.16. The van der Waals surface area contributed by atoms with Crippen LogP contribution in [0.2, 0.25) is 0 Å². The minimum atomic E-state index is 0.701. The van der Waals surface area contributed by atoms with Gasteiger partial charge in [0.15, 0.2) is 5.17 Å². The molecule has 0 atom stereocenters. The first kappa shape index (κ1) is 17.3. The monoisotopic (exact) mass is 381 g/mol. The van der Waals surface area contributed by atoms with Crippen molar-refractivity contribution < 1.29 is 4.74 Å². The van der Waals surface area contributed by atoms with E-state index in [-0.39, 0.29) is 0 Å². The van der Waals surface area contributed by atoms with Crippen LogP contribution in [0.25, 0.3) is 5.95 Å². The molecule has 2 N–H and O–H groups in total. The van der Waals surface area contributed by atoms with Gasteiger partial charge in [0, 0.05) is 22.7 Å². The average Bonchev–Trinajstić information content (AvgIpc) is 3.30. The molecule has 0 amide bonds. The van der Waals surface area contributed by atoms with Gasteiger partial charge < -0.3 is 4.74 Å². The Labute approximate surface area is 160 Å². The quantitative estimate of drug-likeness (QED) is 0.725. The van der Waals surface area contributed by atoms with Crippen molar-refractivity contribution in [1.82, 2.24) is 25.2 Å². The number of ether oxygens (including phenoxy) is 1. The van der Waals surface area contributed by atoms with Crippen LogP contribution in [0.5, 0.6) is 5.75 Å². The number of rotatable bonds is 4. The zero-order valence-electron chi connectivity index (χ0n) is 15.2. The van der Waals surface area contributed by atoms with Crippen molar-refractivity contribution in [2.24, 2.45) is 10.1 Å². The van der Waals surface area contributed by atoms with E-state index in [1.54, 1.807) is 18.9 Å². The van der Waals surface area contributed by atoms with Gasteiger partial charge in [0.25, 0.3) is 0 Å². The zero-order valence-corrected chi connectivity index (χ0v) is 16.0. The molecular weight excluding hydrogens is 362 g/mol. The van der Waals surface area contributed by atoms with E-state index in [1.165, 1.54) is 6.33 Å². The van der Waals surface area contributed by atoms with Crippen LogP contribution in [0.3, 0.4) is 0 Å². The molecule has 8 nitrogen and oxygen atoms in total. The van der Waals surface area contributed by atoms with E-state index in [0.29, 0.717) is 5.95 Å². The molecule has 27 heavy (non-hydrogen) atoms. The number of thioether (sulfide) groups is 1. The first-order valence-electron chi connectivity index (χ1n) is 8.39. The maximum absolute atomic E-state index is 5.35. The Kier molecular flexibility index (Phi) is 4.68. The van der Waals surface area contributed by atoms with Gasteiger partial charge in [-0.2, -0.15) is 15.2 Å². The molecule has 0 radical (unpaired) electrons. The highest BCUT2D eigenvalue weighted by molar-refractivity contribution is 8.14. The van der Waals surface area contributed by atoms with Gasteiger partial charge in [-0.3, -0.25) is 9.99 Å². The third-order valence-corrected chi connectivity index (χ3v) is 5.17. The average molecular weight is 381 g/mol. The van der Waals surface area contributed by atoms with Gasteiger partial charge in [-0.05, 0) is 32.0 Å². The highest BCUT2D eigenvalue weighted by Crippen LogP contribution is 2.28. The number of H-pyrrole nitrogens is 1. The molecule has 3 heterocycles. The molecule has 0 unspecified atom stereocenters. The highest BCUT2D eigenvalue weighted by atomic mass is 32.2. The van der Waals surface area contributed by atoms with E-state index < -0.39 is 0 Å². The molecule has 1 aromatic carbocycles. The molecule has 138 valence electrons. The van der Waals surface area contributed by atoms with E-state index >= 15 is 0 Å². The third kappa shape index (κ3) is 3.33. The second-order valence-electron chi connectivity index (χ2n) is 5.98. The number of benzene rings is 1. The first-order chi connectivity index (χ1) is 13.2. The smallest absolute Gasteiger partial charge is 0.229 e. The maximum atomic E-state index is 5.35. The number of aryl methyl sites for hydroxylation is 1. The number of nitrogens with zero attached hydrogens (tertiary/aromatic N) is 5. The summed E-state index contributed by atoms with van der Waals surface area (Å²) in [5, 5.41) is 12.1. The van der Waals surface area contributed by atoms with Crippen LogP contribution >= 0.6 is 11.8 Å². The van der Waals surface area contributed by atoms with Gasteiger partial charge >= 0.3 is 0 Å². The van der Waals surface area contributed by atoms with Crippen molar-refractivity contribution in [1.29, 1.82) is 0 Å². The van der Waals surface area contributed by atoms with Gasteiger partial charge in [-0.25, -0.2) is 10.1 Å². The van der Waals surface area contributed by atoms with E-state index in [4.69, 9.17) is 4.74 Å². The van der Waals surface area contributed by atoms with Crippen LogP contribution in [0.4, 0.5) is 5.69 Å². The van der Waals surface area contributed by atoms with Crippen LogP contribution < -0.4 is 10.2 Å². The summed E-state index contributed by atoms with van der Waals surface area (Å²) in [6.07, 6.45) is 1.50. The molecule has 1 aliphatic rings. The molecule has 3 aromatic rings. The second-order valence-corrected chi connectivity index (χ2v) is 6.94. The fourth-order valence-electron chi connectivity index (χ4n) is 3.03. The molecule has 0 fully saturated rings. The number of hydrogen-bond acceptors (Lipinski definition) is 6. The van der Waals surface area contributed by atoms with E-state index in [9.17, 15) is 0 Å². The van der Waals surface area contributed by atoms with Gasteiger partial charge in [0.1, 0.15) is 17.8 Å². The summed E-state index contributed by atoms with van der Waals surface area (Å²) in [6.45, 7) is 4.09. The minimum Gasteiger partial charge on any atom is -0.494 e. The molecule has 0 aliphatic carbocycles. The fourth-order valence-corrected chi connectivity index (χ4v) is 3.80. The lowest BCUT2D eigenvalue weighted by atomic mass is 10.1. The fraction of sp³-hybridized carbons (Fsp3) is 0.222. The molecular formula is C18H19N7OS. The molecule has 1 aliphatic heterocycles. The second kappa shape index (κ2) is 7.28. The number of nitrogens with one attached hydrogen (secondary N) is 2. The summed E-state index contributed by atoms with van der Waals surface area (Å²) >= 11 is 1.61. The molecule has 0 spiro atoms. The van der Waals surface area contributed by atoms with Gasteiger partial charge in [-0.15, -0.1) is 0 Å². The number of amidine groups is 1. The minimum absolute atomic E-state index is 0.701. The molecule has 0 saturated carbocycles. The normalized spacial score (nSPS) is 15.5. The maximum Gasteiger partial charge on any atom is 0.229 e. The summed E-state index contributed by atoms with van der Waals surface area (Å²) in [4.78, 5) is 8.86.